The van der Waals surface area contributed by atoms with E-state index in [1.807, 2.05) is 12.1 Å². The normalized spacial score (nSPS) is 19.9. The smallest absolute Gasteiger partial charge is 0.411 e. The Labute approximate surface area is 162 Å². The van der Waals surface area contributed by atoms with Crippen molar-refractivity contribution in [2.45, 2.75) is 44.9 Å². The molecule has 2 heterocycles. The van der Waals surface area contributed by atoms with Crippen molar-refractivity contribution in [2.75, 3.05) is 6.54 Å². The number of hydrogen-bond donors (Lipinski definition) is 1. The van der Waals surface area contributed by atoms with Crippen LogP contribution in [0.15, 0.2) is 30.5 Å². The highest BCUT2D eigenvalue weighted by atomic mass is 35.5. The molecule has 0 radical (unpaired) electrons. The SMILES string of the molecule is CC(C)(C)OC(=O)N1C[C@H](Oc2nccc3c(Cl)cccc23)CC1C(N)=O. The molecule has 1 saturated heterocycles. The third-order valence-electron chi connectivity index (χ3n) is 4.21. The van der Waals surface area contributed by atoms with Crippen LogP contribution in [-0.4, -0.2) is 46.2 Å². The summed E-state index contributed by atoms with van der Waals surface area (Å²) in [7, 11) is 0. The quantitative estimate of drug-likeness (QED) is 0.867. The number of nitrogens with zero attached hydrogens (tertiary/aromatic N) is 2. The van der Waals surface area contributed by atoms with Crippen LogP contribution in [0.5, 0.6) is 5.88 Å². The standard InChI is InChI=1S/C19H22ClN3O4/c1-19(2,3)27-18(25)23-10-11(9-15(23)16(21)24)26-17-13-5-4-6-14(20)12(13)7-8-22-17/h4-8,11,15H,9-10H2,1-3H3,(H2,21,24)/t11-,15?/m1/s1. The lowest BCUT2D eigenvalue weighted by Gasteiger charge is -2.27. The average Bonchev–Trinajstić information content (AvgIpc) is 2.99. The number of carbonyl (C=O) groups is 2. The Morgan fingerprint density at radius 3 is 2.67 bits per heavy atom. The summed E-state index contributed by atoms with van der Waals surface area (Å²) in [5.41, 5.74) is 4.80. The zero-order valence-electron chi connectivity index (χ0n) is 15.4. The van der Waals surface area contributed by atoms with Gasteiger partial charge in [-0.25, -0.2) is 9.78 Å². The average molecular weight is 392 g/mol. The van der Waals surface area contributed by atoms with Crippen LogP contribution >= 0.6 is 11.6 Å². The highest BCUT2D eigenvalue weighted by molar-refractivity contribution is 6.35. The van der Waals surface area contributed by atoms with Crippen LogP contribution in [0.4, 0.5) is 4.79 Å². The number of nitrogens with two attached hydrogens (primary N) is 1. The maximum absolute atomic E-state index is 12.4. The molecule has 3 rings (SSSR count). The lowest BCUT2D eigenvalue weighted by atomic mass is 10.1. The molecule has 1 aliphatic rings. The minimum atomic E-state index is -0.789. The minimum Gasteiger partial charge on any atom is -0.472 e. The van der Waals surface area contributed by atoms with Gasteiger partial charge in [-0.15, -0.1) is 0 Å². The molecule has 2 atom stereocenters. The van der Waals surface area contributed by atoms with Crippen molar-refractivity contribution >= 4 is 34.4 Å². The van der Waals surface area contributed by atoms with Crippen molar-refractivity contribution in [1.29, 1.82) is 0 Å². The highest BCUT2D eigenvalue weighted by Crippen LogP contribution is 2.31. The van der Waals surface area contributed by atoms with Gasteiger partial charge in [0.2, 0.25) is 11.8 Å². The van der Waals surface area contributed by atoms with Crippen molar-refractivity contribution < 1.29 is 19.1 Å². The van der Waals surface area contributed by atoms with Gasteiger partial charge in [-0.1, -0.05) is 17.7 Å². The van der Waals surface area contributed by atoms with Gasteiger partial charge in [0.25, 0.3) is 0 Å². The van der Waals surface area contributed by atoms with E-state index in [0.717, 1.165) is 10.8 Å². The summed E-state index contributed by atoms with van der Waals surface area (Å²) in [5, 5.41) is 2.17. The summed E-state index contributed by atoms with van der Waals surface area (Å²) in [6, 6.07) is 6.47. The van der Waals surface area contributed by atoms with E-state index in [1.54, 1.807) is 39.1 Å². The number of primary amides is 1. The molecule has 0 saturated carbocycles. The first kappa shape index (κ1) is 19.2. The summed E-state index contributed by atoms with van der Waals surface area (Å²) < 4.78 is 11.4. The van der Waals surface area contributed by atoms with Crippen LogP contribution in [0, 0.1) is 0 Å². The van der Waals surface area contributed by atoms with E-state index >= 15 is 0 Å². The molecule has 27 heavy (non-hydrogen) atoms. The molecular formula is C19H22ClN3O4. The molecule has 0 aliphatic carbocycles. The van der Waals surface area contributed by atoms with Gasteiger partial charge in [0.15, 0.2) is 0 Å². The van der Waals surface area contributed by atoms with Gasteiger partial charge in [-0.05, 0) is 39.0 Å². The summed E-state index contributed by atoms with van der Waals surface area (Å²) in [6.07, 6.45) is 0.849. The minimum absolute atomic E-state index is 0.182. The Bertz CT molecular complexity index is 881. The summed E-state index contributed by atoms with van der Waals surface area (Å²) in [6.45, 7) is 5.47. The zero-order valence-corrected chi connectivity index (χ0v) is 16.2. The van der Waals surface area contributed by atoms with Crippen LogP contribution in [0.3, 0.4) is 0 Å². The predicted octanol–water partition coefficient (Wildman–Crippen LogP) is 3.13. The Morgan fingerprint density at radius 2 is 2.00 bits per heavy atom. The Morgan fingerprint density at radius 1 is 1.26 bits per heavy atom. The second-order valence-electron chi connectivity index (χ2n) is 7.48. The lowest BCUT2D eigenvalue weighted by molar-refractivity contribution is -0.122. The number of likely N-dealkylation sites (tertiary alicyclic amines) is 1. The van der Waals surface area contributed by atoms with Crippen LogP contribution in [-0.2, 0) is 9.53 Å². The molecule has 1 fully saturated rings. The number of hydrogen-bond acceptors (Lipinski definition) is 5. The van der Waals surface area contributed by atoms with Gasteiger partial charge < -0.3 is 15.2 Å². The first-order valence-corrected chi connectivity index (χ1v) is 9.02. The molecule has 144 valence electrons. The number of aromatic nitrogens is 1. The van der Waals surface area contributed by atoms with Gasteiger partial charge in [0.05, 0.1) is 6.54 Å². The maximum Gasteiger partial charge on any atom is 0.411 e. The fourth-order valence-corrected chi connectivity index (χ4v) is 3.31. The van der Waals surface area contributed by atoms with Crippen molar-refractivity contribution in [3.63, 3.8) is 0 Å². The summed E-state index contributed by atoms with van der Waals surface area (Å²) >= 11 is 6.22. The molecule has 7 nitrogen and oxygen atoms in total. The van der Waals surface area contributed by atoms with E-state index in [0.29, 0.717) is 10.9 Å². The zero-order chi connectivity index (χ0) is 19.8. The van der Waals surface area contributed by atoms with E-state index in [4.69, 9.17) is 26.8 Å². The largest absolute Gasteiger partial charge is 0.472 e. The maximum atomic E-state index is 12.4. The van der Waals surface area contributed by atoms with Crippen molar-refractivity contribution in [1.82, 2.24) is 9.88 Å². The molecule has 0 bridgehead atoms. The fraction of sp³-hybridized carbons (Fsp3) is 0.421. The van der Waals surface area contributed by atoms with Crippen LogP contribution < -0.4 is 10.5 Å². The number of benzene rings is 1. The molecule has 1 aliphatic heterocycles. The number of pyridine rings is 1. The summed E-state index contributed by atoms with van der Waals surface area (Å²) in [5.74, 6) is -0.199. The van der Waals surface area contributed by atoms with Crippen LogP contribution in [0.1, 0.15) is 27.2 Å². The highest BCUT2D eigenvalue weighted by Gasteiger charge is 2.42. The predicted molar refractivity (Wildman–Crippen MR) is 102 cm³/mol. The van der Waals surface area contributed by atoms with Crippen molar-refractivity contribution in [2.24, 2.45) is 5.73 Å². The van der Waals surface area contributed by atoms with Crippen molar-refractivity contribution in [3.8, 4) is 5.88 Å². The van der Waals surface area contributed by atoms with Gasteiger partial charge >= 0.3 is 6.09 Å². The van der Waals surface area contributed by atoms with Crippen molar-refractivity contribution in [3.05, 3.63) is 35.5 Å². The number of amides is 2. The Balaban J connectivity index is 1.82. The van der Waals surface area contributed by atoms with Gasteiger partial charge in [0.1, 0.15) is 17.7 Å². The second-order valence-corrected chi connectivity index (χ2v) is 7.88. The molecule has 8 heteroatoms. The van der Waals surface area contributed by atoms with E-state index in [2.05, 4.69) is 4.98 Å². The van der Waals surface area contributed by atoms with E-state index in [1.165, 1.54) is 4.90 Å². The monoisotopic (exact) mass is 391 g/mol. The summed E-state index contributed by atoms with van der Waals surface area (Å²) in [4.78, 5) is 29.9. The first-order chi connectivity index (χ1) is 12.7. The van der Waals surface area contributed by atoms with E-state index in [9.17, 15) is 9.59 Å². The molecule has 2 amide bonds. The number of ether oxygens (including phenoxy) is 2. The second kappa shape index (κ2) is 7.23. The van der Waals surface area contributed by atoms with Gasteiger partial charge in [-0.3, -0.25) is 9.69 Å². The van der Waals surface area contributed by atoms with Gasteiger partial charge in [-0.2, -0.15) is 0 Å². The molecule has 0 spiro atoms. The van der Waals surface area contributed by atoms with E-state index in [-0.39, 0.29) is 13.0 Å². The molecule has 1 aromatic heterocycles. The Kier molecular flexibility index (Phi) is 5.15. The molecule has 2 aromatic rings. The van der Waals surface area contributed by atoms with Gasteiger partial charge in [0, 0.05) is 28.4 Å². The van der Waals surface area contributed by atoms with Crippen LogP contribution in [0.25, 0.3) is 10.8 Å². The number of fused-ring (bicyclic) bond motifs is 1. The number of rotatable bonds is 3. The fourth-order valence-electron chi connectivity index (χ4n) is 3.07. The third-order valence-corrected chi connectivity index (χ3v) is 4.54. The topological polar surface area (TPSA) is 94.8 Å². The third kappa shape index (κ3) is 4.24. The number of carbonyl (C=O) groups excluding carboxylic acids is 2. The molecule has 2 N–H and O–H groups in total. The molecule has 1 aromatic carbocycles. The van der Waals surface area contributed by atoms with Crippen LogP contribution in [0.2, 0.25) is 5.02 Å². The number of halogens is 1. The molecule has 1 unspecified atom stereocenters. The first-order valence-electron chi connectivity index (χ1n) is 8.64. The molecular weight excluding hydrogens is 370 g/mol. The Hall–Kier alpha value is -2.54. The lowest BCUT2D eigenvalue weighted by Crippen LogP contribution is -2.45. The van der Waals surface area contributed by atoms with E-state index < -0.39 is 29.7 Å².